The second kappa shape index (κ2) is 9.34. The lowest BCUT2D eigenvalue weighted by Gasteiger charge is -2.32. The zero-order valence-electron chi connectivity index (χ0n) is 18.0. The van der Waals surface area contributed by atoms with E-state index >= 15 is 0 Å². The Labute approximate surface area is 186 Å². The summed E-state index contributed by atoms with van der Waals surface area (Å²) in [5.41, 5.74) is 2.73. The largest absolute Gasteiger partial charge is 0.338 e. The van der Waals surface area contributed by atoms with Crippen molar-refractivity contribution < 1.29 is 4.79 Å². The zero-order valence-corrected chi connectivity index (χ0v) is 18.8. The van der Waals surface area contributed by atoms with E-state index < -0.39 is 0 Å². The van der Waals surface area contributed by atoms with Crippen LogP contribution in [0.25, 0.3) is 6.08 Å². The monoisotopic (exact) mass is 434 g/mol. The fraction of sp³-hybridized carbons (Fsp3) is 0.348. The predicted molar refractivity (Wildman–Crippen MR) is 123 cm³/mol. The molecule has 160 valence electrons. The third-order valence-corrected chi connectivity index (χ3v) is 5.98. The number of nitrogens with zero attached hydrogens (tertiary/aromatic N) is 5. The molecule has 1 saturated heterocycles. The van der Waals surface area contributed by atoms with Crippen LogP contribution in [0.15, 0.2) is 35.7 Å². The van der Waals surface area contributed by atoms with Crippen LogP contribution in [-0.4, -0.2) is 43.8 Å². The van der Waals surface area contributed by atoms with E-state index in [1.165, 1.54) is 0 Å². The Morgan fingerprint density at radius 1 is 1.16 bits per heavy atom. The molecule has 1 N–H and O–H groups in total. The number of amides is 1. The van der Waals surface area contributed by atoms with Gasteiger partial charge in [0, 0.05) is 42.2 Å². The van der Waals surface area contributed by atoms with Gasteiger partial charge in [0.2, 0.25) is 5.91 Å². The summed E-state index contributed by atoms with van der Waals surface area (Å²) in [6, 6.07) is 7.81. The van der Waals surface area contributed by atoms with Crippen molar-refractivity contribution >= 4 is 35.0 Å². The smallest absolute Gasteiger partial charge is 0.246 e. The maximum absolute atomic E-state index is 12.7. The number of thiazole rings is 1. The molecule has 0 spiro atoms. The molecule has 0 aliphatic carbocycles. The van der Waals surface area contributed by atoms with Crippen LogP contribution in [0.1, 0.15) is 46.7 Å². The summed E-state index contributed by atoms with van der Waals surface area (Å²) in [4.78, 5) is 32.7. The number of aryl methyl sites for hydroxylation is 3. The Bertz CT molecular complexity index is 1110. The molecule has 3 aromatic rings. The SMILES string of the molecule is Cc1cccc(Nc2cc(C3CCCN(C(=O)C=Cc4csc(C)n4)C3)nc(C)n2)n1. The molecule has 7 nitrogen and oxygen atoms in total. The van der Waals surface area contributed by atoms with Gasteiger partial charge in [0.1, 0.15) is 17.5 Å². The minimum absolute atomic E-state index is 0.0171. The van der Waals surface area contributed by atoms with E-state index in [2.05, 4.69) is 25.3 Å². The van der Waals surface area contributed by atoms with Gasteiger partial charge >= 0.3 is 0 Å². The van der Waals surface area contributed by atoms with Crippen molar-refractivity contribution in [3.05, 3.63) is 63.6 Å². The number of anilines is 2. The highest BCUT2D eigenvalue weighted by Crippen LogP contribution is 2.28. The Morgan fingerprint density at radius 2 is 2.03 bits per heavy atom. The molecule has 0 aromatic carbocycles. The summed E-state index contributed by atoms with van der Waals surface area (Å²) in [7, 11) is 0. The topological polar surface area (TPSA) is 83.9 Å². The molecule has 0 radical (unpaired) electrons. The van der Waals surface area contributed by atoms with Gasteiger partial charge in [-0.25, -0.2) is 19.9 Å². The molecule has 4 heterocycles. The first-order chi connectivity index (χ1) is 15.0. The maximum atomic E-state index is 12.7. The van der Waals surface area contributed by atoms with Crippen LogP contribution in [0.5, 0.6) is 0 Å². The van der Waals surface area contributed by atoms with Gasteiger partial charge in [0.15, 0.2) is 0 Å². The van der Waals surface area contributed by atoms with Crippen LogP contribution in [0.2, 0.25) is 0 Å². The van der Waals surface area contributed by atoms with Gasteiger partial charge in [-0.1, -0.05) is 6.07 Å². The molecular weight excluding hydrogens is 408 g/mol. The molecule has 1 aliphatic rings. The van der Waals surface area contributed by atoms with Crippen molar-refractivity contribution in [3.63, 3.8) is 0 Å². The minimum atomic E-state index is 0.0171. The summed E-state index contributed by atoms with van der Waals surface area (Å²) in [5, 5.41) is 6.23. The van der Waals surface area contributed by atoms with E-state index in [1.54, 1.807) is 23.5 Å². The maximum Gasteiger partial charge on any atom is 0.246 e. The predicted octanol–water partition coefficient (Wildman–Crippen LogP) is 4.42. The molecular formula is C23H26N6OS. The number of pyridine rings is 1. The molecule has 1 unspecified atom stereocenters. The minimum Gasteiger partial charge on any atom is -0.338 e. The second-order valence-electron chi connectivity index (χ2n) is 7.76. The van der Waals surface area contributed by atoms with Gasteiger partial charge in [-0.2, -0.15) is 0 Å². The third kappa shape index (κ3) is 5.52. The van der Waals surface area contributed by atoms with Gasteiger partial charge in [0.25, 0.3) is 0 Å². The lowest BCUT2D eigenvalue weighted by atomic mass is 9.94. The molecule has 0 bridgehead atoms. The van der Waals surface area contributed by atoms with Gasteiger partial charge in [-0.05, 0) is 51.8 Å². The Balaban J connectivity index is 1.46. The average molecular weight is 435 g/mol. The number of nitrogens with one attached hydrogen (secondary N) is 1. The van der Waals surface area contributed by atoms with Crippen molar-refractivity contribution in [2.75, 3.05) is 18.4 Å². The van der Waals surface area contributed by atoms with Gasteiger partial charge in [0.05, 0.1) is 16.4 Å². The van der Waals surface area contributed by atoms with Crippen LogP contribution >= 0.6 is 11.3 Å². The highest BCUT2D eigenvalue weighted by molar-refractivity contribution is 7.09. The molecule has 0 saturated carbocycles. The van der Waals surface area contributed by atoms with Crippen molar-refractivity contribution in [3.8, 4) is 0 Å². The van der Waals surface area contributed by atoms with Crippen molar-refractivity contribution in [1.29, 1.82) is 0 Å². The fourth-order valence-corrected chi connectivity index (χ4v) is 4.33. The van der Waals surface area contributed by atoms with Gasteiger partial charge < -0.3 is 10.2 Å². The van der Waals surface area contributed by atoms with E-state index in [9.17, 15) is 4.79 Å². The van der Waals surface area contributed by atoms with E-state index in [0.717, 1.165) is 53.1 Å². The Hall–Kier alpha value is -3.13. The molecule has 31 heavy (non-hydrogen) atoms. The second-order valence-corrected chi connectivity index (χ2v) is 8.82. The van der Waals surface area contributed by atoms with E-state index in [4.69, 9.17) is 0 Å². The lowest BCUT2D eigenvalue weighted by Crippen LogP contribution is -2.38. The first-order valence-electron chi connectivity index (χ1n) is 10.4. The summed E-state index contributed by atoms with van der Waals surface area (Å²) >= 11 is 1.58. The summed E-state index contributed by atoms with van der Waals surface area (Å²) < 4.78 is 0. The highest BCUT2D eigenvalue weighted by Gasteiger charge is 2.25. The first kappa shape index (κ1) is 21.1. The quantitative estimate of drug-likeness (QED) is 0.599. The van der Waals surface area contributed by atoms with Crippen LogP contribution in [-0.2, 0) is 4.79 Å². The number of carbonyl (C=O) groups excluding carboxylic acids is 1. The number of rotatable bonds is 5. The standard InChI is InChI=1S/C23H26N6OS/c1-15-6-4-8-21(24-15)28-22-12-20(25-16(2)26-22)18-7-5-11-29(13-18)23(30)10-9-19-14-31-17(3)27-19/h4,6,8-10,12,14,18H,5,7,11,13H2,1-3H3,(H,24,25,26,28). The zero-order chi connectivity index (χ0) is 21.8. The molecule has 1 fully saturated rings. The number of piperidine rings is 1. The number of hydrogen-bond donors (Lipinski definition) is 1. The molecule has 8 heteroatoms. The van der Waals surface area contributed by atoms with Crippen molar-refractivity contribution in [2.45, 2.75) is 39.5 Å². The van der Waals surface area contributed by atoms with E-state index in [-0.39, 0.29) is 11.8 Å². The fourth-order valence-electron chi connectivity index (χ4n) is 3.75. The van der Waals surface area contributed by atoms with Crippen LogP contribution in [0.3, 0.4) is 0 Å². The van der Waals surface area contributed by atoms with Crippen molar-refractivity contribution in [1.82, 2.24) is 24.8 Å². The first-order valence-corrected chi connectivity index (χ1v) is 11.3. The normalized spacial score (nSPS) is 16.6. The van der Waals surface area contributed by atoms with Crippen LogP contribution < -0.4 is 5.32 Å². The molecule has 4 rings (SSSR count). The van der Waals surface area contributed by atoms with E-state index in [0.29, 0.717) is 12.4 Å². The van der Waals surface area contributed by atoms with Crippen molar-refractivity contribution in [2.24, 2.45) is 0 Å². The summed E-state index contributed by atoms with van der Waals surface area (Å²) in [6.45, 7) is 7.22. The third-order valence-electron chi connectivity index (χ3n) is 5.19. The summed E-state index contributed by atoms with van der Waals surface area (Å²) in [6.07, 6.45) is 5.36. The van der Waals surface area contributed by atoms with Crippen LogP contribution in [0.4, 0.5) is 11.6 Å². The number of carbonyl (C=O) groups is 1. The van der Waals surface area contributed by atoms with Gasteiger partial charge in [-0.3, -0.25) is 4.79 Å². The molecule has 1 atom stereocenters. The number of aromatic nitrogens is 4. The highest BCUT2D eigenvalue weighted by atomic mass is 32.1. The van der Waals surface area contributed by atoms with Gasteiger partial charge in [-0.15, -0.1) is 11.3 Å². The lowest BCUT2D eigenvalue weighted by molar-refractivity contribution is -0.127. The number of hydrogen-bond acceptors (Lipinski definition) is 7. The summed E-state index contributed by atoms with van der Waals surface area (Å²) in [5.74, 6) is 2.38. The van der Waals surface area contributed by atoms with E-state index in [1.807, 2.05) is 55.3 Å². The Morgan fingerprint density at radius 3 is 2.81 bits per heavy atom. The Kier molecular flexibility index (Phi) is 6.36. The average Bonchev–Trinajstić information content (AvgIpc) is 3.17. The number of likely N-dealkylation sites (tertiary alicyclic amines) is 1. The van der Waals surface area contributed by atoms with Crippen LogP contribution in [0, 0.1) is 20.8 Å². The molecule has 3 aromatic heterocycles. The molecule has 1 aliphatic heterocycles. The molecule has 1 amide bonds.